The lowest BCUT2D eigenvalue weighted by Crippen LogP contribution is -2.46. The van der Waals surface area contributed by atoms with Crippen LogP contribution in [-0.2, 0) is 14.3 Å². The highest BCUT2D eigenvalue weighted by atomic mass is 16.6. The molecule has 6 nitrogen and oxygen atoms in total. The van der Waals surface area contributed by atoms with Crippen molar-refractivity contribution in [3.8, 4) is 0 Å². The molecule has 0 aromatic rings. The van der Waals surface area contributed by atoms with E-state index in [1.54, 1.807) is 20.8 Å². The second kappa shape index (κ2) is 7.20. The lowest BCUT2D eigenvalue weighted by molar-refractivity contribution is -0.148. The van der Waals surface area contributed by atoms with Gasteiger partial charge in [-0.2, -0.15) is 0 Å². The molecule has 0 unspecified atom stereocenters. The van der Waals surface area contributed by atoms with Crippen LogP contribution in [0.4, 0.5) is 4.79 Å². The Morgan fingerprint density at radius 1 is 1.28 bits per heavy atom. The molecule has 0 radical (unpaired) electrons. The van der Waals surface area contributed by atoms with E-state index in [1.165, 1.54) is 0 Å². The summed E-state index contributed by atoms with van der Waals surface area (Å²) in [5, 5.41) is 11.3. The highest BCUT2D eigenvalue weighted by Gasteiger charge is 2.24. The van der Waals surface area contributed by atoms with E-state index in [0.717, 1.165) is 0 Å². The maximum absolute atomic E-state index is 11.5. The zero-order valence-corrected chi connectivity index (χ0v) is 11.6. The van der Waals surface area contributed by atoms with Gasteiger partial charge in [0.05, 0.1) is 13.2 Å². The van der Waals surface area contributed by atoms with Crippen molar-refractivity contribution in [3.05, 3.63) is 0 Å². The molecule has 0 aliphatic heterocycles. The van der Waals surface area contributed by atoms with Crippen LogP contribution in [0.1, 0.15) is 34.6 Å². The number of esters is 1. The molecule has 0 bridgehead atoms. The Balaban J connectivity index is 4.25. The fourth-order valence-electron chi connectivity index (χ4n) is 0.978. The topological polar surface area (TPSA) is 84.9 Å². The largest absolute Gasteiger partial charge is 0.464 e. The SMILES string of the molecule is CC(C)COC(=O)[C@H](CO)NC(=O)OC(C)(C)C. The molecule has 2 N–H and O–H groups in total. The second-order valence-electron chi connectivity index (χ2n) is 5.41. The summed E-state index contributed by atoms with van der Waals surface area (Å²) in [6.45, 7) is 8.61. The first-order chi connectivity index (χ1) is 8.15. The average molecular weight is 261 g/mol. The van der Waals surface area contributed by atoms with Gasteiger partial charge in [-0.05, 0) is 26.7 Å². The number of alkyl carbamates (subject to hydrolysis) is 1. The molecule has 1 atom stereocenters. The summed E-state index contributed by atoms with van der Waals surface area (Å²) in [5.74, 6) is -0.480. The smallest absolute Gasteiger partial charge is 0.408 e. The third-order valence-corrected chi connectivity index (χ3v) is 1.72. The highest BCUT2D eigenvalue weighted by Crippen LogP contribution is 2.07. The molecule has 0 fully saturated rings. The molecular weight excluding hydrogens is 238 g/mol. The number of nitrogens with one attached hydrogen (secondary N) is 1. The third kappa shape index (κ3) is 7.89. The molecule has 0 aromatic carbocycles. The fraction of sp³-hybridized carbons (Fsp3) is 0.833. The first-order valence-corrected chi connectivity index (χ1v) is 5.92. The van der Waals surface area contributed by atoms with Crippen LogP contribution >= 0.6 is 0 Å². The van der Waals surface area contributed by atoms with Gasteiger partial charge in [0.15, 0.2) is 6.04 Å². The predicted octanol–water partition coefficient (Wildman–Crippen LogP) is 1.07. The van der Waals surface area contributed by atoms with Crippen LogP contribution in [0.5, 0.6) is 0 Å². The first-order valence-electron chi connectivity index (χ1n) is 5.92. The van der Waals surface area contributed by atoms with Crippen molar-refractivity contribution in [1.29, 1.82) is 0 Å². The number of amides is 1. The van der Waals surface area contributed by atoms with Gasteiger partial charge in [0.2, 0.25) is 0 Å². The first kappa shape index (κ1) is 16.7. The van der Waals surface area contributed by atoms with Crippen LogP contribution in [0, 0.1) is 5.92 Å². The summed E-state index contributed by atoms with van der Waals surface area (Å²) >= 11 is 0. The Morgan fingerprint density at radius 3 is 2.22 bits per heavy atom. The molecular formula is C12H23NO5. The van der Waals surface area contributed by atoms with Gasteiger partial charge >= 0.3 is 12.1 Å². The fourth-order valence-corrected chi connectivity index (χ4v) is 0.978. The van der Waals surface area contributed by atoms with Crippen molar-refractivity contribution in [3.63, 3.8) is 0 Å². The monoisotopic (exact) mass is 261 g/mol. The number of aliphatic hydroxyl groups is 1. The lowest BCUT2D eigenvalue weighted by Gasteiger charge is -2.22. The Bertz CT molecular complexity index is 283. The van der Waals surface area contributed by atoms with Crippen molar-refractivity contribution in [2.45, 2.75) is 46.3 Å². The molecule has 0 rings (SSSR count). The van der Waals surface area contributed by atoms with Crippen molar-refractivity contribution < 1.29 is 24.2 Å². The van der Waals surface area contributed by atoms with Crippen LogP contribution in [-0.4, -0.2) is 42.0 Å². The van der Waals surface area contributed by atoms with Crippen molar-refractivity contribution in [2.75, 3.05) is 13.2 Å². The molecule has 0 spiro atoms. The normalized spacial score (nSPS) is 13.1. The number of hydrogen-bond donors (Lipinski definition) is 2. The summed E-state index contributed by atoms with van der Waals surface area (Å²) in [5.41, 5.74) is -0.661. The van der Waals surface area contributed by atoms with Gasteiger partial charge in [-0.1, -0.05) is 13.8 Å². The summed E-state index contributed by atoms with van der Waals surface area (Å²) in [4.78, 5) is 22.9. The van der Waals surface area contributed by atoms with E-state index in [-0.39, 0.29) is 12.5 Å². The molecule has 0 saturated carbocycles. The van der Waals surface area contributed by atoms with E-state index in [9.17, 15) is 9.59 Å². The number of carbonyl (C=O) groups excluding carboxylic acids is 2. The van der Waals surface area contributed by atoms with Gasteiger partial charge in [0.1, 0.15) is 5.60 Å². The van der Waals surface area contributed by atoms with Crippen molar-refractivity contribution >= 4 is 12.1 Å². The number of ether oxygens (including phenoxy) is 2. The Hall–Kier alpha value is -1.30. The van der Waals surface area contributed by atoms with E-state index in [0.29, 0.717) is 0 Å². The van der Waals surface area contributed by atoms with Crippen molar-refractivity contribution in [2.24, 2.45) is 5.92 Å². The number of rotatable bonds is 5. The van der Waals surface area contributed by atoms with Crippen LogP contribution in [0.2, 0.25) is 0 Å². The van der Waals surface area contributed by atoms with Gasteiger partial charge in [-0.3, -0.25) is 0 Å². The maximum Gasteiger partial charge on any atom is 0.408 e. The third-order valence-electron chi connectivity index (χ3n) is 1.72. The average Bonchev–Trinajstić information content (AvgIpc) is 2.19. The van der Waals surface area contributed by atoms with Gasteiger partial charge in [0, 0.05) is 0 Å². The zero-order chi connectivity index (χ0) is 14.3. The summed E-state index contributed by atoms with van der Waals surface area (Å²) < 4.78 is 9.90. The quantitative estimate of drug-likeness (QED) is 0.723. The van der Waals surface area contributed by atoms with E-state index in [4.69, 9.17) is 14.6 Å². The molecule has 106 valence electrons. The zero-order valence-electron chi connectivity index (χ0n) is 11.6. The second-order valence-corrected chi connectivity index (χ2v) is 5.41. The predicted molar refractivity (Wildman–Crippen MR) is 66.0 cm³/mol. The maximum atomic E-state index is 11.5. The van der Waals surface area contributed by atoms with Gasteiger partial charge in [-0.15, -0.1) is 0 Å². The standard InChI is InChI=1S/C12H23NO5/c1-8(2)7-17-10(15)9(6-14)13-11(16)18-12(3,4)5/h8-9,14H,6-7H2,1-5H3,(H,13,16)/t9-/m0/s1. The summed E-state index contributed by atoms with van der Waals surface area (Å²) in [6.07, 6.45) is -0.761. The van der Waals surface area contributed by atoms with Crippen LogP contribution in [0.15, 0.2) is 0 Å². The summed E-state index contributed by atoms with van der Waals surface area (Å²) in [7, 11) is 0. The minimum absolute atomic E-state index is 0.190. The van der Waals surface area contributed by atoms with Gasteiger partial charge in [0.25, 0.3) is 0 Å². The molecule has 0 heterocycles. The number of aliphatic hydroxyl groups excluding tert-OH is 1. The van der Waals surface area contributed by atoms with Gasteiger partial charge in [-0.25, -0.2) is 9.59 Å². The van der Waals surface area contributed by atoms with E-state index < -0.39 is 30.3 Å². The Morgan fingerprint density at radius 2 is 1.83 bits per heavy atom. The minimum atomic E-state index is -1.10. The molecule has 0 saturated heterocycles. The molecule has 0 aliphatic carbocycles. The van der Waals surface area contributed by atoms with E-state index in [2.05, 4.69) is 5.32 Å². The van der Waals surface area contributed by atoms with E-state index >= 15 is 0 Å². The van der Waals surface area contributed by atoms with Gasteiger partial charge < -0.3 is 19.9 Å². The van der Waals surface area contributed by atoms with Crippen LogP contribution in [0.3, 0.4) is 0 Å². The van der Waals surface area contributed by atoms with Crippen LogP contribution < -0.4 is 5.32 Å². The number of hydrogen-bond acceptors (Lipinski definition) is 5. The minimum Gasteiger partial charge on any atom is -0.464 e. The molecule has 0 aliphatic rings. The summed E-state index contributed by atoms with van der Waals surface area (Å²) in [6, 6.07) is -1.10. The molecule has 1 amide bonds. The highest BCUT2D eigenvalue weighted by molar-refractivity contribution is 5.81. The molecule has 18 heavy (non-hydrogen) atoms. The lowest BCUT2D eigenvalue weighted by atomic mass is 10.2. The molecule has 0 aromatic heterocycles. The van der Waals surface area contributed by atoms with Crippen molar-refractivity contribution in [1.82, 2.24) is 5.32 Å². The van der Waals surface area contributed by atoms with E-state index in [1.807, 2.05) is 13.8 Å². The van der Waals surface area contributed by atoms with Crippen LogP contribution in [0.25, 0.3) is 0 Å². The number of carbonyl (C=O) groups is 2. The Labute approximate surface area is 108 Å². The molecule has 6 heteroatoms. The Kier molecular flexibility index (Phi) is 6.68.